The molecule has 0 radical (unpaired) electrons. The van der Waals surface area contributed by atoms with E-state index in [9.17, 15) is 13.2 Å². The van der Waals surface area contributed by atoms with Gasteiger partial charge in [0.05, 0.1) is 11.7 Å². The molecule has 0 saturated carbocycles. The minimum absolute atomic E-state index is 0.0910. The Morgan fingerprint density at radius 1 is 1.15 bits per heavy atom. The zero-order valence-electron chi connectivity index (χ0n) is 23.6. The van der Waals surface area contributed by atoms with Crippen LogP contribution in [0, 0.1) is 0 Å². The molecule has 2 aliphatic rings. The molecule has 0 bridgehead atoms. The molecule has 2 aromatic rings. The minimum atomic E-state index is -4.00. The molecule has 2 heterocycles. The molecule has 40 heavy (non-hydrogen) atoms. The van der Waals surface area contributed by atoms with E-state index in [1.807, 2.05) is 29.2 Å². The Hall–Kier alpha value is -2.31. The lowest BCUT2D eigenvalue weighted by atomic mass is 9.95. The molecule has 1 aliphatic carbocycles. The second kappa shape index (κ2) is 13.6. The number of piperazine rings is 1. The Morgan fingerprint density at radius 2 is 1.85 bits per heavy atom. The van der Waals surface area contributed by atoms with Gasteiger partial charge in [-0.3, -0.25) is 14.2 Å². The van der Waals surface area contributed by atoms with E-state index < -0.39 is 10.1 Å². The van der Waals surface area contributed by atoms with E-state index in [0.29, 0.717) is 43.7 Å². The zero-order valence-corrected chi connectivity index (χ0v) is 25.2. The summed E-state index contributed by atoms with van der Waals surface area (Å²) in [6.07, 6.45) is 3.76. The van der Waals surface area contributed by atoms with Crippen LogP contribution < -0.4 is 10.2 Å². The van der Waals surface area contributed by atoms with Crippen molar-refractivity contribution in [2.75, 3.05) is 63.0 Å². The van der Waals surface area contributed by atoms with Crippen LogP contribution in [0.1, 0.15) is 55.8 Å². The van der Waals surface area contributed by atoms with Gasteiger partial charge in [-0.25, -0.2) is 9.97 Å². The molecule has 1 saturated heterocycles. The fourth-order valence-electron chi connectivity index (χ4n) is 5.60. The predicted molar refractivity (Wildman–Crippen MR) is 158 cm³/mol. The van der Waals surface area contributed by atoms with Crippen molar-refractivity contribution in [3.8, 4) is 0 Å². The highest BCUT2D eigenvalue weighted by atomic mass is 35.5. The van der Waals surface area contributed by atoms with Crippen LogP contribution in [0.3, 0.4) is 0 Å². The van der Waals surface area contributed by atoms with Crippen molar-refractivity contribution in [3.63, 3.8) is 0 Å². The van der Waals surface area contributed by atoms with Crippen molar-refractivity contribution < 1.29 is 17.8 Å². The summed E-state index contributed by atoms with van der Waals surface area (Å²) in [6, 6.07) is 7.67. The van der Waals surface area contributed by atoms with Crippen LogP contribution in [0.15, 0.2) is 30.6 Å². The van der Waals surface area contributed by atoms with Gasteiger partial charge in [-0.2, -0.15) is 8.42 Å². The lowest BCUT2D eigenvalue weighted by Crippen LogP contribution is -2.52. The quantitative estimate of drug-likeness (QED) is 0.283. The third-order valence-electron chi connectivity index (χ3n) is 7.97. The third kappa shape index (κ3) is 7.91. The lowest BCUT2D eigenvalue weighted by molar-refractivity contribution is -0.133. The summed E-state index contributed by atoms with van der Waals surface area (Å²) < 4.78 is 31.0. The van der Waals surface area contributed by atoms with Gasteiger partial charge >= 0.3 is 0 Å². The Balaban J connectivity index is 1.43. The van der Waals surface area contributed by atoms with Crippen LogP contribution in [0.5, 0.6) is 0 Å². The molecular weight excluding hydrogens is 552 g/mol. The smallest absolute Gasteiger partial charge is 0.266 e. The van der Waals surface area contributed by atoms with Crippen molar-refractivity contribution in [3.05, 3.63) is 52.4 Å². The van der Waals surface area contributed by atoms with Gasteiger partial charge in [0.2, 0.25) is 5.91 Å². The topological polar surface area (TPSA) is 119 Å². The van der Waals surface area contributed by atoms with Crippen LogP contribution >= 0.6 is 11.6 Å². The maximum absolute atomic E-state index is 14.0. The number of hydrogen-bond acceptors (Lipinski definition) is 8. The molecular formula is C28H41ClN6O4S. The molecule has 2 atom stereocenters. The van der Waals surface area contributed by atoms with E-state index >= 15 is 0 Å². The average molecular weight is 593 g/mol. The number of aryl methyl sites for hydroxylation is 1. The van der Waals surface area contributed by atoms with Crippen LogP contribution in [-0.2, 0) is 21.3 Å². The van der Waals surface area contributed by atoms with Gasteiger partial charge in [0.15, 0.2) is 0 Å². The number of halogens is 1. The van der Waals surface area contributed by atoms with Crippen molar-refractivity contribution in [2.24, 2.45) is 0 Å². The van der Waals surface area contributed by atoms with Crippen molar-refractivity contribution in [1.29, 1.82) is 0 Å². The van der Waals surface area contributed by atoms with Gasteiger partial charge in [-0.15, -0.1) is 0 Å². The van der Waals surface area contributed by atoms with Crippen molar-refractivity contribution >= 4 is 33.4 Å². The molecule has 1 aliphatic heterocycles. The normalized spacial score (nSPS) is 18.4. The van der Waals surface area contributed by atoms with E-state index in [2.05, 4.69) is 45.9 Å². The average Bonchev–Trinajstić information content (AvgIpc) is 3.31. The van der Waals surface area contributed by atoms with E-state index in [4.69, 9.17) is 16.2 Å². The van der Waals surface area contributed by atoms with Gasteiger partial charge in [-0.05, 0) is 50.3 Å². The van der Waals surface area contributed by atoms with Crippen molar-refractivity contribution in [1.82, 2.24) is 25.1 Å². The zero-order chi connectivity index (χ0) is 28.9. The Bertz CT molecular complexity index is 1250. The van der Waals surface area contributed by atoms with Crippen molar-refractivity contribution in [2.45, 2.75) is 51.5 Å². The number of carbonyl (C=O) groups is 1. The molecule has 1 aromatic heterocycles. The number of aromatic nitrogens is 2. The van der Waals surface area contributed by atoms with Gasteiger partial charge < -0.3 is 15.1 Å². The summed E-state index contributed by atoms with van der Waals surface area (Å²) in [5.74, 6) is 0.859. The Kier molecular flexibility index (Phi) is 10.4. The highest BCUT2D eigenvalue weighted by Crippen LogP contribution is 2.37. The first-order chi connectivity index (χ1) is 19.0. The summed E-state index contributed by atoms with van der Waals surface area (Å²) in [6.45, 7) is 11.0. The first kappa shape index (κ1) is 30.6. The number of nitrogens with one attached hydrogen (secondary N) is 1. The highest BCUT2D eigenvalue weighted by Gasteiger charge is 2.33. The number of hydrogen-bond donors (Lipinski definition) is 2. The summed E-state index contributed by atoms with van der Waals surface area (Å²) in [5, 5.41) is 3.70. The number of amides is 1. The first-order valence-electron chi connectivity index (χ1n) is 14.1. The fraction of sp³-hybridized carbons (Fsp3) is 0.607. The molecule has 12 heteroatoms. The summed E-state index contributed by atoms with van der Waals surface area (Å²) in [4.78, 5) is 29.6. The number of fused-ring (bicyclic) bond motifs is 1. The van der Waals surface area contributed by atoms with E-state index in [-0.39, 0.29) is 30.2 Å². The first-order valence-corrected chi connectivity index (χ1v) is 16.0. The summed E-state index contributed by atoms with van der Waals surface area (Å²) in [5.41, 5.74) is 3.34. The van der Waals surface area contributed by atoms with E-state index in [1.54, 1.807) is 6.33 Å². The second-order valence-corrected chi connectivity index (χ2v) is 13.0. The van der Waals surface area contributed by atoms with E-state index in [1.165, 1.54) is 5.56 Å². The molecule has 2 unspecified atom stereocenters. The van der Waals surface area contributed by atoms with Crippen LogP contribution in [-0.4, -0.2) is 103 Å². The SMILES string of the molecule is CC1CCc2ncnc(N3CCN(C(=O)C(CN(CCNCCS(=O)(=O)O)C(C)C)c4ccc(Cl)cc4)CC3)c21. The standard InChI is InChI=1S/C28H41ClN6O4S/c1-20(2)35(12-10-30-11-17-40(37,38)39)18-24(22-5-7-23(29)8-6-22)28(36)34-15-13-33(14-16-34)27-26-21(3)4-9-25(26)31-19-32-27/h5-8,19-21,24,30H,4,9-18H2,1-3H3,(H,37,38,39). The fourth-order valence-corrected chi connectivity index (χ4v) is 6.13. The molecule has 4 rings (SSSR count). The molecule has 1 fully saturated rings. The summed E-state index contributed by atoms with van der Waals surface area (Å²) >= 11 is 6.17. The third-order valence-corrected chi connectivity index (χ3v) is 8.95. The molecule has 0 spiro atoms. The van der Waals surface area contributed by atoms with Gasteiger partial charge in [0.1, 0.15) is 12.1 Å². The maximum Gasteiger partial charge on any atom is 0.266 e. The number of benzene rings is 1. The number of carbonyl (C=O) groups excluding carboxylic acids is 1. The van der Waals surface area contributed by atoms with Crippen LogP contribution in [0.2, 0.25) is 5.02 Å². The minimum Gasteiger partial charge on any atom is -0.353 e. The molecule has 10 nitrogen and oxygen atoms in total. The van der Waals surface area contributed by atoms with Gasteiger partial charge in [0.25, 0.3) is 10.1 Å². The van der Waals surface area contributed by atoms with Crippen LogP contribution in [0.4, 0.5) is 5.82 Å². The van der Waals surface area contributed by atoms with Gasteiger partial charge in [-0.1, -0.05) is 30.7 Å². The van der Waals surface area contributed by atoms with Crippen LogP contribution in [0.25, 0.3) is 0 Å². The lowest BCUT2D eigenvalue weighted by Gasteiger charge is -2.39. The monoisotopic (exact) mass is 592 g/mol. The molecule has 1 aromatic carbocycles. The second-order valence-electron chi connectivity index (χ2n) is 11.0. The maximum atomic E-state index is 14.0. The molecule has 2 N–H and O–H groups in total. The number of anilines is 1. The molecule has 1 amide bonds. The Morgan fingerprint density at radius 3 is 2.50 bits per heavy atom. The Labute approximate surface area is 242 Å². The van der Waals surface area contributed by atoms with E-state index in [0.717, 1.165) is 43.0 Å². The highest BCUT2D eigenvalue weighted by molar-refractivity contribution is 7.85. The number of nitrogens with zero attached hydrogens (tertiary/aromatic N) is 5. The largest absolute Gasteiger partial charge is 0.353 e. The molecule has 220 valence electrons. The predicted octanol–water partition coefficient (Wildman–Crippen LogP) is 2.80. The summed E-state index contributed by atoms with van der Waals surface area (Å²) in [7, 11) is -4.00. The number of rotatable bonds is 12. The van der Waals surface area contributed by atoms with Gasteiger partial charge in [0, 0.05) is 74.7 Å².